The minimum atomic E-state index is 0.793. The molecule has 1 aliphatic carbocycles. The normalized spacial score (nSPS) is 20.4. The van der Waals surface area contributed by atoms with Crippen LogP contribution in [0.2, 0.25) is 0 Å². The fourth-order valence-corrected chi connectivity index (χ4v) is 3.95. The van der Waals surface area contributed by atoms with Gasteiger partial charge in [-0.15, -0.1) is 0 Å². The van der Waals surface area contributed by atoms with Crippen LogP contribution >= 0.6 is 0 Å². The van der Waals surface area contributed by atoms with Crippen molar-refractivity contribution in [2.24, 2.45) is 5.92 Å². The summed E-state index contributed by atoms with van der Waals surface area (Å²) in [6.45, 7) is 6.28. The van der Waals surface area contributed by atoms with E-state index in [2.05, 4.69) is 56.1 Å². The second kappa shape index (κ2) is 7.39. The largest absolute Gasteiger partial charge is 0.494 e. The summed E-state index contributed by atoms with van der Waals surface area (Å²) in [7, 11) is 0. The van der Waals surface area contributed by atoms with Crippen molar-refractivity contribution in [1.82, 2.24) is 14.7 Å². The number of likely N-dealkylation sites (tertiary alicyclic amines) is 1. The van der Waals surface area contributed by atoms with Crippen LogP contribution in [-0.4, -0.2) is 47.5 Å². The van der Waals surface area contributed by atoms with Gasteiger partial charge in [-0.1, -0.05) is 0 Å². The van der Waals surface area contributed by atoms with Gasteiger partial charge >= 0.3 is 0 Å². The maximum Gasteiger partial charge on any atom is 0.118 e. The number of ether oxygens (including phenoxy) is 1. The van der Waals surface area contributed by atoms with E-state index in [-0.39, 0.29) is 0 Å². The minimum Gasteiger partial charge on any atom is -0.494 e. The Balaban J connectivity index is 1.23. The van der Waals surface area contributed by atoms with Gasteiger partial charge < -0.3 is 14.5 Å². The van der Waals surface area contributed by atoms with E-state index >= 15 is 0 Å². The average molecular weight is 364 g/mol. The van der Waals surface area contributed by atoms with Gasteiger partial charge in [-0.05, 0) is 75.0 Å². The van der Waals surface area contributed by atoms with Gasteiger partial charge in [-0.3, -0.25) is 4.68 Å². The van der Waals surface area contributed by atoms with E-state index < -0.39 is 0 Å². The lowest BCUT2D eigenvalue weighted by Crippen LogP contribution is -2.24. The van der Waals surface area contributed by atoms with Crippen LogP contribution in [0, 0.1) is 5.92 Å². The van der Waals surface area contributed by atoms with E-state index in [1.807, 2.05) is 6.20 Å². The van der Waals surface area contributed by atoms with E-state index in [0.29, 0.717) is 0 Å². The first-order valence-corrected chi connectivity index (χ1v) is 10.3. The molecule has 5 nitrogen and oxygen atoms in total. The summed E-state index contributed by atoms with van der Waals surface area (Å²) >= 11 is 0. The van der Waals surface area contributed by atoms with Gasteiger partial charge in [-0.2, -0.15) is 5.10 Å². The van der Waals surface area contributed by atoms with Gasteiger partial charge in [0.2, 0.25) is 0 Å². The van der Waals surface area contributed by atoms with Gasteiger partial charge in [0.25, 0.3) is 0 Å². The van der Waals surface area contributed by atoms with Crippen LogP contribution in [-0.2, 0) is 11.3 Å². The van der Waals surface area contributed by atoms with E-state index in [4.69, 9.17) is 4.74 Å². The first-order valence-electron chi connectivity index (χ1n) is 10.3. The van der Waals surface area contributed by atoms with Crippen LogP contribution in [0.15, 0.2) is 48.5 Å². The number of nitrogens with zero attached hydrogens (tertiary/aromatic N) is 4. The minimum absolute atomic E-state index is 0.793. The third-order valence-electron chi connectivity index (χ3n) is 5.87. The summed E-state index contributed by atoms with van der Waals surface area (Å²) in [5.41, 5.74) is 2.43. The van der Waals surface area contributed by atoms with Gasteiger partial charge in [0.15, 0.2) is 0 Å². The molecule has 0 spiro atoms. The van der Waals surface area contributed by atoms with E-state index in [9.17, 15) is 0 Å². The fourth-order valence-electron chi connectivity index (χ4n) is 3.95. The Morgan fingerprint density at radius 2 is 2.00 bits per heavy atom. The fraction of sp³-hybridized carbons (Fsp3) is 0.500. The monoisotopic (exact) mass is 364 g/mol. The van der Waals surface area contributed by atoms with Crippen molar-refractivity contribution in [2.45, 2.75) is 32.2 Å². The highest BCUT2D eigenvalue weighted by molar-refractivity contribution is 5.83. The summed E-state index contributed by atoms with van der Waals surface area (Å²) in [5.74, 6) is 1.80. The highest BCUT2D eigenvalue weighted by atomic mass is 16.5. The summed E-state index contributed by atoms with van der Waals surface area (Å²) in [4.78, 5) is 4.79. The summed E-state index contributed by atoms with van der Waals surface area (Å²) in [5, 5.41) is 5.83. The molecule has 1 saturated heterocycles. The molecule has 5 rings (SSSR count). The van der Waals surface area contributed by atoms with Crippen LogP contribution in [0.3, 0.4) is 0 Å². The van der Waals surface area contributed by atoms with Crippen molar-refractivity contribution in [3.63, 3.8) is 0 Å². The predicted octanol–water partition coefficient (Wildman–Crippen LogP) is 3.78. The molecule has 0 amide bonds. The van der Waals surface area contributed by atoms with Crippen molar-refractivity contribution < 1.29 is 4.74 Å². The number of rotatable bonds is 7. The lowest BCUT2D eigenvalue weighted by atomic mass is 10.2. The lowest BCUT2D eigenvalue weighted by molar-refractivity contribution is 0.209. The van der Waals surface area contributed by atoms with Crippen molar-refractivity contribution >= 4 is 16.6 Å². The molecule has 2 aromatic rings. The Morgan fingerprint density at radius 1 is 1.11 bits per heavy atom. The van der Waals surface area contributed by atoms with Crippen LogP contribution in [0.25, 0.3) is 10.9 Å². The van der Waals surface area contributed by atoms with Crippen LogP contribution < -0.4 is 4.90 Å². The molecule has 5 heteroatoms. The topological polar surface area (TPSA) is 33.5 Å². The van der Waals surface area contributed by atoms with Crippen LogP contribution in [0.1, 0.15) is 25.7 Å². The van der Waals surface area contributed by atoms with Gasteiger partial charge in [-0.25, -0.2) is 0 Å². The molecule has 0 bridgehead atoms. The Kier molecular flexibility index (Phi) is 4.62. The molecule has 1 saturated carbocycles. The summed E-state index contributed by atoms with van der Waals surface area (Å²) < 4.78 is 8.01. The van der Waals surface area contributed by atoms with Crippen LogP contribution in [0.5, 0.6) is 0 Å². The van der Waals surface area contributed by atoms with E-state index in [0.717, 1.165) is 37.9 Å². The molecule has 0 radical (unpaired) electrons. The quantitative estimate of drug-likeness (QED) is 0.749. The summed E-state index contributed by atoms with van der Waals surface area (Å²) in [6.07, 6.45) is 13.7. The molecule has 2 aliphatic heterocycles. The highest BCUT2D eigenvalue weighted by Crippen LogP contribution is 2.30. The van der Waals surface area contributed by atoms with Gasteiger partial charge in [0.05, 0.1) is 24.9 Å². The Bertz CT molecular complexity index is 858. The second-order valence-electron chi connectivity index (χ2n) is 7.99. The zero-order valence-corrected chi connectivity index (χ0v) is 15.9. The number of aromatic nitrogens is 2. The zero-order valence-electron chi connectivity index (χ0n) is 15.9. The Labute approximate surface area is 160 Å². The maximum atomic E-state index is 5.86. The molecular formula is C22H28N4O. The van der Waals surface area contributed by atoms with Crippen molar-refractivity contribution in [2.75, 3.05) is 37.7 Å². The molecule has 0 atom stereocenters. The number of anilines is 1. The molecule has 1 aromatic carbocycles. The molecule has 142 valence electrons. The van der Waals surface area contributed by atoms with Gasteiger partial charge in [0.1, 0.15) is 5.76 Å². The average Bonchev–Trinajstić information content (AvgIpc) is 3.23. The number of fused-ring (bicyclic) bond motifs is 1. The molecule has 27 heavy (non-hydrogen) atoms. The standard InChI is InChI=1S/C22H28N4O/c1-2-10-24(9-1)13-14-26-22-6-5-20(15-19(22)16-23-26)25-11-7-21(8-12-25)27-17-18-3-4-18/h5-8,11,15-16,18H,1-4,9-10,12-14,17H2. The highest BCUT2D eigenvalue weighted by Gasteiger charge is 2.22. The van der Waals surface area contributed by atoms with Crippen molar-refractivity contribution in [1.29, 1.82) is 0 Å². The number of hydrogen-bond acceptors (Lipinski definition) is 4. The number of hydrogen-bond donors (Lipinski definition) is 0. The SMILES string of the molecule is C1=CN(c2ccc3c(cnn3CCN3CCCC3)c2)CC=C1OCC1CC1. The van der Waals surface area contributed by atoms with E-state index in [1.54, 1.807) is 0 Å². The second-order valence-corrected chi connectivity index (χ2v) is 7.99. The smallest absolute Gasteiger partial charge is 0.118 e. The molecule has 3 heterocycles. The number of benzene rings is 1. The molecule has 3 aliphatic rings. The van der Waals surface area contributed by atoms with Crippen molar-refractivity contribution in [3.05, 3.63) is 48.5 Å². The Hall–Kier alpha value is -2.27. The lowest BCUT2D eigenvalue weighted by Gasteiger charge is -2.23. The molecule has 0 unspecified atom stereocenters. The summed E-state index contributed by atoms with van der Waals surface area (Å²) in [6, 6.07) is 6.64. The third kappa shape index (κ3) is 3.88. The predicted molar refractivity (Wildman–Crippen MR) is 109 cm³/mol. The van der Waals surface area contributed by atoms with Crippen molar-refractivity contribution in [3.8, 4) is 0 Å². The van der Waals surface area contributed by atoms with Crippen LogP contribution in [0.4, 0.5) is 5.69 Å². The maximum absolute atomic E-state index is 5.86. The molecule has 1 aromatic heterocycles. The van der Waals surface area contributed by atoms with E-state index in [1.165, 1.54) is 55.4 Å². The molecule has 0 N–H and O–H groups in total. The first-order chi connectivity index (χ1) is 13.3. The Morgan fingerprint density at radius 3 is 2.78 bits per heavy atom. The van der Waals surface area contributed by atoms with Gasteiger partial charge in [0, 0.05) is 30.4 Å². The zero-order chi connectivity index (χ0) is 18.1. The molecule has 2 fully saturated rings. The molecular weight excluding hydrogens is 336 g/mol. The first kappa shape index (κ1) is 16.9. The third-order valence-corrected chi connectivity index (χ3v) is 5.87. The number of allylic oxidation sites excluding steroid dienone is 1.